The van der Waals surface area contributed by atoms with E-state index in [9.17, 15) is 9.59 Å². The van der Waals surface area contributed by atoms with Crippen LogP contribution in [0, 0.1) is 0 Å². The third kappa shape index (κ3) is 5.84. The molecular weight excluding hydrogens is 256 g/mol. The first kappa shape index (κ1) is 16.2. The van der Waals surface area contributed by atoms with Crippen molar-refractivity contribution in [1.82, 2.24) is 5.32 Å². The summed E-state index contributed by atoms with van der Waals surface area (Å²) in [7, 11) is 0. The molecule has 0 aliphatic carbocycles. The molecule has 0 radical (unpaired) electrons. The maximum absolute atomic E-state index is 11.9. The molecule has 5 nitrogen and oxygen atoms in total. The van der Waals surface area contributed by atoms with Gasteiger partial charge in [-0.15, -0.1) is 0 Å². The molecule has 0 aliphatic rings. The molecule has 0 aromatic heterocycles. The number of aliphatic hydroxyl groups excluding tert-OH is 1. The quantitative estimate of drug-likeness (QED) is 0.706. The number of nitrogens with one attached hydrogen (secondary N) is 2. The predicted molar refractivity (Wildman–Crippen MR) is 78.4 cm³/mol. The molecule has 5 heteroatoms. The van der Waals surface area contributed by atoms with Gasteiger partial charge in [-0.3, -0.25) is 9.59 Å². The van der Waals surface area contributed by atoms with Crippen molar-refractivity contribution in [3.8, 4) is 0 Å². The molecule has 0 spiro atoms. The molecule has 0 bridgehead atoms. The number of carbonyl (C=O) groups is 2. The van der Waals surface area contributed by atoms with Crippen LogP contribution in [0.4, 0.5) is 5.69 Å². The summed E-state index contributed by atoms with van der Waals surface area (Å²) < 4.78 is 0. The van der Waals surface area contributed by atoms with Gasteiger partial charge in [-0.05, 0) is 30.5 Å². The zero-order chi connectivity index (χ0) is 15.0. The first-order valence-electron chi connectivity index (χ1n) is 6.82. The van der Waals surface area contributed by atoms with Crippen LogP contribution in [-0.4, -0.2) is 29.6 Å². The second-order valence-electron chi connectivity index (χ2n) is 4.74. The Hall–Kier alpha value is -1.88. The van der Waals surface area contributed by atoms with E-state index in [2.05, 4.69) is 10.6 Å². The van der Waals surface area contributed by atoms with Gasteiger partial charge in [-0.1, -0.05) is 19.1 Å². The number of hydrogen-bond donors (Lipinski definition) is 3. The van der Waals surface area contributed by atoms with Crippen LogP contribution in [0.3, 0.4) is 0 Å². The molecule has 0 heterocycles. The second kappa shape index (κ2) is 8.32. The Kier molecular flexibility index (Phi) is 6.73. The Bertz CT molecular complexity index is 443. The van der Waals surface area contributed by atoms with E-state index in [-0.39, 0.29) is 24.5 Å². The molecular formula is C15H22N2O3. The summed E-state index contributed by atoms with van der Waals surface area (Å²) in [6.45, 7) is 3.50. The average Bonchev–Trinajstić information content (AvgIpc) is 2.40. The third-order valence-electron chi connectivity index (χ3n) is 2.97. The summed E-state index contributed by atoms with van der Waals surface area (Å²) in [5.74, 6) is -0.178. The Labute approximate surface area is 119 Å². The van der Waals surface area contributed by atoms with Crippen molar-refractivity contribution in [2.24, 2.45) is 0 Å². The molecule has 0 saturated carbocycles. The highest BCUT2D eigenvalue weighted by Crippen LogP contribution is 2.10. The van der Waals surface area contributed by atoms with Crippen molar-refractivity contribution < 1.29 is 14.7 Å². The first-order valence-corrected chi connectivity index (χ1v) is 6.82. The lowest BCUT2D eigenvalue weighted by Gasteiger charge is -2.15. The largest absolute Gasteiger partial charge is 0.396 e. The highest BCUT2D eigenvalue weighted by molar-refractivity contribution is 5.88. The molecule has 20 heavy (non-hydrogen) atoms. The summed E-state index contributed by atoms with van der Waals surface area (Å²) in [5, 5.41) is 14.5. The van der Waals surface area contributed by atoms with Crippen LogP contribution in [0.15, 0.2) is 24.3 Å². The average molecular weight is 278 g/mol. The van der Waals surface area contributed by atoms with Crippen molar-refractivity contribution >= 4 is 17.5 Å². The van der Waals surface area contributed by atoms with Crippen molar-refractivity contribution in [3.05, 3.63) is 29.8 Å². The van der Waals surface area contributed by atoms with E-state index in [1.54, 1.807) is 12.1 Å². The Balaban J connectivity index is 2.51. The maximum Gasteiger partial charge on any atom is 0.224 e. The van der Waals surface area contributed by atoms with Crippen LogP contribution < -0.4 is 10.6 Å². The zero-order valence-corrected chi connectivity index (χ0v) is 12.0. The fraction of sp³-hybridized carbons (Fsp3) is 0.467. The number of rotatable bonds is 7. The van der Waals surface area contributed by atoms with Crippen LogP contribution in [-0.2, 0) is 16.0 Å². The van der Waals surface area contributed by atoms with Crippen LogP contribution >= 0.6 is 0 Å². The Morgan fingerprint density at radius 3 is 2.40 bits per heavy atom. The van der Waals surface area contributed by atoms with Crippen LogP contribution in [0.25, 0.3) is 0 Å². The van der Waals surface area contributed by atoms with Gasteiger partial charge in [-0.25, -0.2) is 0 Å². The summed E-state index contributed by atoms with van der Waals surface area (Å²) >= 11 is 0. The van der Waals surface area contributed by atoms with Crippen molar-refractivity contribution in [2.75, 3.05) is 11.9 Å². The predicted octanol–water partition coefficient (Wildman–Crippen LogP) is 1.46. The molecule has 1 atom stereocenters. The highest BCUT2D eigenvalue weighted by Gasteiger charge is 2.10. The topological polar surface area (TPSA) is 78.4 Å². The van der Waals surface area contributed by atoms with Crippen molar-refractivity contribution in [3.63, 3.8) is 0 Å². The first-order chi connectivity index (χ1) is 9.55. The molecule has 1 unspecified atom stereocenters. The fourth-order valence-electron chi connectivity index (χ4n) is 1.91. The van der Waals surface area contributed by atoms with Crippen LogP contribution in [0.2, 0.25) is 0 Å². The van der Waals surface area contributed by atoms with E-state index in [1.165, 1.54) is 6.92 Å². The van der Waals surface area contributed by atoms with Gasteiger partial charge in [0.15, 0.2) is 0 Å². The molecule has 2 amide bonds. The fourth-order valence-corrected chi connectivity index (χ4v) is 1.91. The van der Waals surface area contributed by atoms with E-state index in [0.29, 0.717) is 18.5 Å². The Morgan fingerprint density at radius 2 is 1.90 bits per heavy atom. The maximum atomic E-state index is 11.9. The van der Waals surface area contributed by atoms with Crippen LogP contribution in [0.1, 0.15) is 32.3 Å². The monoisotopic (exact) mass is 278 g/mol. The lowest BCUT2D eigenvalue weighted by atomic mass is 10.1. The smallest absolute Gasteiger partial charge is 0.224 e. The van der Waals surface area contributed by atoms with E-state index in [4.69, 9.17) is 5.11 Å². The SMILES string of the molecule is CCC(CCO)NC(=O)Cc1ccc(NC(C)=O)cc1. The minimum absolute atomic E-state index is 0.0196. The van der Waals surface area contributed by atoms with Gasteiger partial charge < -0.3 is 15.7 Å². The normalized spacial score (nSPS) is 11.8. The lowest BCUT2D eigenvalue weighted by Crippen LogP contribution is -2.36. The van der Waals surface area contributed by atoms with Gasteiger partial charge in [0.05, 0.1) is 6.42 Å². The number of amides is 2. The van der Waals surface area contributed by atoms with E-state index < -0.39 is 0 Å². The van der Waals surface area contributed by atoms with E-state index in [1.807, 2.05) is 19.1 Å². The molecule has 0 aliphatic heterocycles. The summed E-state index contributed by atoms with van der Waals surface area (Å²) in [4.78, 5) is 22.8. The number of aliphatic hydroxyl groups is 1. The summed E-state index contributed by atoms with van der Waals surface area (Å²) in [6.07, 6.45) is 1.67. The minimum Gasteiger partial charge on any atom is -0.396 e. The zero-order valence-electron chi connectivity index (χ0n) is 12.0. The highest BCUT2D eigenvalue weighted by atomic mass is 16.3. The van der Waals surface area contributed by atoms with Gasteiger partial charge in [-0.2, -0.15) is 0 Å². The number of anilines is 1. The molecule has 3 N–H and O–H groups in total. The molecule has 110 valence electrons. The van der Waals surface area contributed by atoms with Crippen molar-refractivity contribution in [1.29, 1.82) is 0 Å². The van der Waals surface area contributed by atoms with Crippen molar-refractivity contribution in [2.45, 2.75) is 39.2 Å². The van der Waals surface area contributed by atoms with Gasteiger partial charge in [0, 0.05) is 25.3 Å². The van der Waals surface area contributed by atoms with Gasteiger partial charge >= 0.3 is 0 Å². The minimum atomic E-state index is -0.120. The molecule has 0 saturated heterocycles. The van der Waals surface area contributed by atoms with E-state index >= 15 is 0 Å². The van der Waals surface area contributed by atoms with Gasteiger partial charge in [0.2, 0.25) is 11.8 Å². The second-order valence-corrected chi connectivity index (χ2v) is 4.74. The van der Waals surface area contributed by atoms with Gasteiger partial charge in [0.25, 0.3) is 0 Å². The Morgan fingerprint density at radius 1 is 1.25 bits per heavy atom. The van der Waals surface area contributed by atoms with Gasteiger partial charge in [0.1, 0.15) is 0 Å². The summed E-state index contributed by atoms with van der Waals surface area (Å²) in [6, 6.07) is 7.20. The lowest BCUT2D eigenvalue weighted by molar-refractivity contribution is -0.121. The standard InChI is InChI=1S/C15H22N2O3/c1-3-13(8-9-18)17-15(20)10-12-4-6-14(7-5-12)16-11(2)19/h4-7,13,18H,3,8-10H2,1-2H3,(H,16,19)(H,17,20). The van der Waals surface area contributed by atoms with Crippen LogP contribution in [0.5, 0.6) is 0 Å². The molecule has 1 aromatic carbocycles. The molecule has 0 fully saturated rings. The number of benzene rings is 1. The van der Waals surface area contributed by atoms with E-state index in [0.717, 1.165) is 12.0 Å². The molecule has 1 rings (SSSR count). The summed E-state index contributed by atoms with van der Waals surface area (Å²) in [5.41, 5.74) is 1.60. The molecule has 1 aromatic rings. The third-order valence-corrected chi connectivity index (χ3v) is 2.97. The number of hydrogen-bond acceptors (Lipinski definition) is 3. The number of carbonyl (C=O) groups excluding carboxylic acids is 2.